The van der Waals surface area contributed by atoms with Crippen molar-refractivity contribution in [1.82, 2.24) is 25.1 Å². The number of benzene rings is 3. The van der Waals surface area contributed by atoms with Crippen molar-refractivity contribution in [3.8, 4) is 11.4 Å². The molecular weight excluding hydrogens is 593 g/mol. The van der Waals surface area contributed by atoms with Crippen molar-refractivity contribution in [2.45, 2.75) is 31.1 Å². The minimum atomic E-state index is -0.232. The average molecular weight is 623 g/mol. The number of rotatable bonds is 10. The molecule has 0 fully saturated rings. The molecule has 1 aliphatic heterocycles. The molecule has 6 rings (SSSR count). The summed E-state index contributed by atoms with van der Waals surface area (Å²) in [5.74, 6) is 1.08. The third kappa shape index (κ3) is 6.43. The molecule has 2 aromatic heterocycles. The van der Waals surface area contributed by atoms with Crippen molar-refractivity contribution in [1.29, 1.82) is 0 Å². The van der Waals surface area contributed by atoms with Gasteiger partial charge in [0.15, 0.2) is 11.0 Å². The van der Waals surface area contributed by atoms with Crippen LogP contribution in [0, 0.1) is 6.92 Å². The van der Waals surface area contributed by atoms with E-state index in [2.05, 4.69) is 15.5 Å². The van der Waals surface area contributed by atoms with Gasteiger partial charge in [-0.3, -0.25) is 14.2 Å². The number of carbonyl (C=O) groups excluding carboxylic acids is 2. The van der Waals surface area contributed by atoms with Gasteiger partial charge in [-0.15, -0.1) is 21.5 Å². The number of aryl methyl sites for hydroxylation is 1. The fourth-order valence-electron chi connectivity index (χ4n) is 5.00. The zero-order valence-electron chi connectivity index (χ0n) is 24.2. The van der Waals surface area contributed by atoms with Crippen molar-refractivity contribution in [3.63, 3.8) is 0 Å². The number of aromatic nitrogens is 3. The lowest BCUT2D eigenvalue weighted by Crippen LogP contribution is -2.28. The van der Waals surface area contributed by atoms with Crippen molar-refractivity contribution in [2.75, 3.05) is 12.9 Å². The Hall–Kier alpha value is -4.74. The normalized spacial score (nSPS) is 14.4. The molecule has 1 atom stereocenters. The molecule has 5 aromatic rings. The molecule has 1 unspecified atom stereocenters. The highest BCUT2D eigenvalue weighted by molar-refractivity contribution is 7.99. The van der Waals surface area contributed by atoms with E-state index in [1.54, 1.807) is 35.6 Å². The average Bonchev–Trinajstić information content (AvgIpc) is 3.83. The number of carbonyl (C=O) groups is 2. The topological polar surface area (TPSA) is 102 Å². The maximum absolute atomic E-state index is 13.8. The second kappa shape index (κ2) is 13.3. The van der Waals surface area contributed by atoms with Gasteiger partial charge in [0.25, 0.3) is 11.8 Å². The van der Waals surface area contributed by atoms with Crippen LogP contribution in [0.3, 0.4) is 0 Å². The van der Waals surface area contributed by atoms with Crippen molar-refractivity contribution in [3.05, 3.63) is 124 Å². The van der Waals surface area contributed by atoms with Gasteiger partial charge in [-0.05, 0) is 65.9 Å². The Labute approximate surface area is 263 Å². The first-order valence-corrected chi connectivity index (χ1v) is 15.9. The third-order valence-corrected chi connectivity index (χ3v) is 9.03. The van der Waals surface area contributed by atoms with Crippen LogP contribution in [0.25, 0.3) is 5.69 Å². The van der Waals surface area contributed by atoms with Gasteiger partial charge in [0.05, 0.1) is 36.0 Å². The molecule has 0 saturated carbocycles. The second-order valence-corrected chi connectivity index (χ2v) is 12.1. The third-order valence-electron chi connectivity index (χ3n) is 7.20. The monoisotopic (exact) mass is 622 g/mol. The lowest BCUT2D eigenvalue weighted by Gasteiger charge is -2.22. The summed E-state index contributed by atoms with van der Waals surface area (Å²) in [6.45, 7) is 2.18. The van der Waals surface area contributed by atoms with Gasteiger partial charge >= 0.3 is 0 Å². The number of thioether (sulfide) groups is 1. The molecule has 3 aromatic carbocycles. The highest BCUT2D eigenvalue weighted by atomic mass is 32.2. The molecule has 0 radical (unpaired) electrons. The molecule has 2 amide bonds. The summed E-state index contributed by atoms with van der Waals surface area (Å²) in [6, 6.07) is 28.5. The Morgan fingerprint density at radius 3 is 2.55 bits per heavy atom. The summed E-state index contributed by atoms with van der Waals surface area (Å²) in [5.41, 5.74) is 4.35. The van der Waals surface area contributed by atoms with Gasteiger partial charge in [0.2, 0.25) is 0 Å². The number of hydrogen-bond donors (Lipinski definition) is 1. The number of nitrogens with zero attached hydrogens (tertiary/aromatic N) is 5. The number of amides is 2. The van der Waals surface area contributed by atoms with Gasteiger partial charge in [-0.25, -0.2) is 5.01 Å². The second-order valence-electron chi connectivity index (χ2n) is 10.2. The SMILES string of the molecule is COc1ccc(C2CC(c3cccs3)=NN2C(=O)CSc2nnc(CNC(=O)c3ccccc3)n2-c2cccc(C)c2)cc1. The zero-order chi connectivity index (χ0) is 30.5. The van der Waals surface area contributed by atoms with Gasteiger partial charge in [-0.1, -0.05) is 60.3 Å². The smallest absolute Gasteiger partial charge is 0.253 e. The maximum Gasteiger partial charge on any atom is 0.253 e. The number of methoxy groups -OCH3 is 1. The Bertz CT molecular complexity index is 1790. The standard InChI is InChI=1S/C33H30N6O3S2/c1-22-8-6-11-25(18-22)38-30(20-34-32(41)24-9-4-3-5-10-24)35-36-33(38)44-21-31(40)39-28(23-13-15-26(42-2)16-14-23)19-27(37-39)29-12-7-17-43-29/h3-18,28H,19-21H2,1-2H3,(H,34,41). The van der Waals surface area contributed by atoms with Crippen LogP contribution in [0.4, 0.5) is 0 Å². The van der Waals surface area contributed by atoms with Gasteiger partial charge in [-0.2, -0.15) is 5.10 Å². The fourth-order valence-corrected chi connectivity index (χ4v) is 6.54. The summed E-state index contributed by atoms with van der Waals surface area (Å²) in [6.07, 6.45) is 0.619. The van der Waals surface area contributed by atoms with Gasteiger partial charge in [0, 0.05) is 17.7 Å². The molecule has 9 nitrogen and oxygen atoms in total. The summed E-state index contributed by atoms with van der Waals surface area (Å²) in [5, 5.41) is 20.7. The van der Waals surface area contributed by atoms with E-state index >= 15 is 0 Å². The predicted octanol–water partition coefficient (Wildman–Crippen LogP) is 6.05. The van der Waals surface area contributed by atoms with Crippen LogP contribution in [0.15, 0.2) is 107 Å². The maximum atomic E-state index is 13.8. The fraction of sp³-hybridized carbons (Fsp3) is 0.182. The van der Waals surface area contributed by atoms with E-state index in [9.17, 15) is 9.59 Å². The molecular formula is C33H30N6O3S2. The highest BCUT2D eigenvalue weighted by Crippen LogP contribution is 2.35. The molecule has 222 valence electrons. The van der Waals surface area contributed by atoms with Gasteiger partial charge < -0.3 is 10.1 Å². The van der Waals surface area contributed by atoms with Gasteiger partial charge in [0.1, 0.15) is 5.75 Å². The van der Waals surface area contributed by atoms with E-state index in [1.165, 1.54) is 11.8 Å². The van der Waals surface area contributed by atoms with Crippen LogP contribution in [-0.4, -0.2) is 50.2 Å². The van der Waals surface area contributed by atoms with Crippen LogP contribution in [0.1, 0.15) is 44.6 Å². The van der Waals surface area contributed by atoms with Crippen LogP contribution in [0.5, 0.6) is 5.75 Å². The first-order valence-electron chi connectivity index (χ1n) is 14.0. The predicted molar refractivity (Wildman–Crippen MR) is 172 cm³/mol. The van der Waals surface area contributed by atoms with E-state index in [0.717, 1.165) is 33.2 Å². The van der Waals surface area contributed by atoms with E-state index in [-0.39, 0.29) is 30.2 Å². The van der Waals surface area contributed by atoms with Crippen LogP contribution in [-0.2, 0) is 11.3 Å². The van der Waals surface area contributed by atoms with Crippen LogP contribution < -0.4 is 10.1 Å². The minimum absolute atomic E-state index is 0.105. The molecule has 3 heterocycles. The van der Waals surface area contributed by atoms with E-state index < -0.39 is 0 Å². The first-order chi connectivity index (χ1) is 21.5. The first kappa shape index (κ1) is 29.3. The van der Waals surface area contributed by atoms with Crippen molar-refractivity contribution >= 4 is 40.6 Å². The minimum Gasteiger partial charge on any atom is -0.497 e. The lowest BCUT2D eigenvalue weighted by atomic mass is 10.0. The summed E-state index contributed by atoms with van der Waals surface area (Å²) < 4.78 is 7.22. The van der Waals surface area contributed by atoms with Crippen molar-refractivity contribution in [2.24, 2.45) is 5.10 Å². The molecule has 0 aliphatic carbocycles. The quantitative estimate of drug-likeness (QED) is 0.191. The molecule has 44 heavy (non-hydrogen) atoms. The number of hydrazone groups is 1. The Kier molecular flexibility index (Phi) is 8.85. The molecule has 1 N–H and O–H groups in total. The Morgan fingerprint density at radius 1 is 1.00 bits per heavy atom. The highest BCUT2D eigenvalue weighted by Gasteiger charge is 2.33. The number of nitrogens with one attached hydrogen (secondary N) is 1. The van der Waals surface area contributed by atoms with Crippen molar-refractivity contribution < 1.29 is 14.3 Å². The number of thiophene rings is 1. The number of hydrogen-bond acceptors (Lipinski definition) is 8. The molecule has 11 heteroatoms. The lowest BCUT2D eigenvalue weighted by molar-refractivity contribution is -0.130. The Balaban J connectivity index is 1.24. The summed E-state index contributed by atoms with van der Waals surface area (Å²) in [7, 11) is 1.63. The van der Waals surface area contributed by atoms with E-state index in [4.69, 9.17) is 9.84 Å². The molecule has 0 spiro atoms. The Morgan fingerprint density at radius 2 is 1.82 bits per heavy atom. The number of ether oxygens (including phenoxy) is 1. The largest absolute Gasteiger partial charge is 0.497 e. The van der Waals surface area contributed by atoms with Crippen LogP contribution >= 0.6 is 23.1 Å². The summed E-state index contributed by atoms with van der Waals surface area (Å²) in [4.78, 5) is 27.6. The molecule has 0 saturated heterocycles. The van der Waals surface area contributed by atoms with E-state index in [1.807, 2.05) is 95.7 Å². The van der Waals surface area contributed by atoms with Crippen LogP contribution in [0.2, 0.25) is 0 Å². The zero-order valence-corrected chi connectivity index (χ0v) is 25.8. The molecule has 1 aliphatic rings. The van der Waals surface area contributed by atoms with E-state index in [0.29, 0.717) is 23.0 Å². The summed E-state index contributed by atoms with van der Waals surface area (Å²) >= 11 is 2.91. The molecule has 0 bridgehead atoms.